The van der Waals surface area contributed by atoms with E-state index in [0.29, 0.717) is 47.8 Å². The molecule has 0 amide bonds. The molecule has 4 heterocycles. The Balaban J connectivity index is 1.12. The van der Waals surface area contributed by atoms with Crippen LogP contribution in [0.2, 0.25) is 5.02 Å². The summed E-state index contributed by atoms with van der Waals surface area (Å²) in [5.41, 5.74) is 2.46. The molecule has 0 bridgehead atoms. The van der Waals surface area contributed by atoms with Crippen LogP contribution < -0.4 is 14.8 Å². The van der Waals surface area contributed by atoms with Gasteiger partial charge in [0.05, 0.1) is 48.7 Å². The van der Waals surface area contributed by atoms with Crippen LogP contribution in [0.1, 0.15) is 65.8 Å². The lowest BCUT2D eigenvalue weighted by molar-refractivity contribution is -0.0852. The minimum atomic E-state index is -0.167. The van der Waals surface area contributed by atoms with E-state index in [9.17, 15) is 0 Å². The van der Waals surface area contributed by atoms with Crippen LogP contribution in [0.25, 0.3) is 11.1 Å². The molecule has 4 aromatic rings. The minimum absolute atomic E-state index is 0.0889. The first-order valence-electron chi connectivity index (χ1n) is 17.3. The third kappa shape index (κ3) is 9.27. The molecule has 49 heavy (non-hydrogen) atoms. The number of methoxy groups -OCH3 is 1. The fraction of sp³-hybridized carbons (Fsp3) is 0.571. The van der Waals surface area contributed by atoms with Crippen LogP contribution in [0.15, 0.2) is 49.4 Å². The van der Waals surface area contributed by atoms with Gasteiger partial charge < -0.3 is 24.3 Å². The molecule has 13 nitrogen and oxygen atoms in total. The Hall–Kier alpha value is -3.78. The van der Waals surface area contributed by atoms with Crippen molar-refractivity contribution in [3.05, 3.63) is 54.5 Å². The number of morpholine rings is 1. The van der Waals surface area contributed by atoms with Gasteiger partial charge in [-0.05, 0) is 71.1 Å². The second-order valence-electron chi connectivity index (χ2n) is 13.3. The second kappa shape index (κ2) is 16.3. The van der Waals surface area contributed by atoms with Gasteiger partial charge in [0.1, 0.15) is 30.2 Å². The van der Waals surface area contributed by atoms with Crippen LogP contribution in [0.5, 0.6) is 11.6 Å². The monoisotopic (exact) mass is 693 g/mol. The van der Waals surface area contributed by atoms with Gasteiger partial charge in [-0.15, -0.1) is 5.10 Å². The van der Waals surface area contributed by atoms with Crippen molar-refractivity contribution in [3.63, 3.8) is 0 Å². The lowest BCUT2D eigenvalue weighted by Gasteiger charge is -2.42. The van der Waals surface area contributed by atoms with Crippen LogP contribution in [0, 0.1) is 0 Å². The molecule has 4 atom stereocenters. The highest BCUT2D eigenvalue weighted by molar-refractivity contribution is 6.32. The maximum Gasteiger partial charge on any atom is 0.256 e. The highest BCUT2D eigenvalue weighted by Crippen LogP contribution is 2.36. The molecule has 1 N–H and O–H groups in total. The van der Waals surface area contributed by atoms with E-state index in [-0.39, 0.29) is 24.4 Å². The zero-order valence-corrected chi connectivity index (χ0v) is 29.8. The van der Waals surface area contributed by atoms with Gasteiger partial charge in [0.25, 0.3) is 5.88 Å². The molecule has 0 radical (unpaired) electrons. The summed E-state index contributed by atoms with van der Waals surface area (Å²) in [5.74, 6) is 1.56. The Morgan fingerprint density at radius 2 is 1.73 bits per heavy atom. The summed E-state index contributed by atoms with van der Waals surface area (Å²) < 4.78 is 27.5. The maximum absolute atomic E-state index is 6.48. The normalized spacial score (nSPS) is 22.8. The van der Waals surface area contributed by atoms with Crippen molar-refractivity contribution < 1.29 is 18.9 Å². The summed E-state index contributed by atoms with van der Waals surface area (Å²) in [6.07, 6.45) is 14.4. The molecule has 6 rings (SSSR count). The number of aromatic nitrogens is 7. The summed E-state index contributed by atoms with van der Waals surface area (Å²) >= 11 is 6.48. The van der Waals surface area contributed by atoms with Gasteiger partial charge in [-0.25, -0.2) is 19.6 Å². The molecule has 2 aliphatic rings. The predicted molar refractivity (Wildman–Crippen MR) is 188 cm³/mol. The van der Waals surface area contributed by atoms with Gasteiger partial charge in [0, 0.05) is 50.6 Å². The number of benzene rings is 1. The standard InChI is InChI=1S/C35H48ClN9O4/c1-23(46-5)12-13-47-34-32(20-45(42-34)30-9-7-29(8-10-30)43-17-24(2)48-25(3)18-43)41-35-38-15-28(16-39-35)27-6-11-31(36)33(14-27)49-26(4)19-44-22-37-21-40-44/h6,11,14-16,20-26,29-30H,7-10,12-13,17-19H2,1-5H3,(H,38,39,41)/t23-,24-,25+,26-,29-,30-/m0/s1. The molecule has 14 heteroatoms. The third-order valence-corrected chi connectivity index (χ3v) is 9.58. The van der Waals surface area contributed by atoms with Crippen molar-refractivity contribution in [1.29, 1.82) is 0 Å². The van der Waals surface area contributed by atoms with Gasteiger partial charge in [0.15, 0.2) is 0 Å². The number of rotatable bonds is 14. The van der Waals surface area contributed by atoms with E-state index in [0.717, 1.165) is 62.0 Å². The van der Waals surface area contributed by atoms with Gasteiger partial charge >= 0.3 is 0 Å². The highest BCUT2D eigenvalue weighted by atomic mass is 35.5. The van der Waals surface area contributed by atoms with Crippen LogP contribution >= 0.6 is 11.6 Å². The number of nitrogens with zero attached hydrogens (tertiary/aromatic N) is 8. The number of nitrogens with one attached hydrogen (secondary N) is 1. The van der Waals surface area contributed by atoms with E-state index < -0.39 is 0 Å². The first-order valence-corrected chi connectivity index (χ1v) is 17.6. The molecular formula is C35H48ClN9O4. The Kier molecular flexibility index (Phi) is 11.7. The Bertz CT molecular complexity index is 1600. The molecule has 1 aromatic carbocycles. The van der Waals surface area contributed by atoms with Crippen molar-refractivity contribution in [2.75, 3.05) is 32.1 Å². The van der Waals surface area contributed by atoms with Crippen molar-refractivity contribution in [2.24, 2.45) is 0 Å². The maximum atomic E-state index is 6.48. The fourth-order valence-electron chi connectivity index (χ4n) is 6.68. The summed E-state index contributed by atoms with van der Waals surface area (Å²) in [4.78, 5) is 15.9. The Morgan fingerprint density at radius 1 is 1.00 bits per heavy atom. The lowest BCUT2D eigenvalue weighted by atomic mass is 9.89. The van der Waals surface area contributed by atoms with Gasteiger partial charge in [0.2, 0.25) is 5.95 Å². The SMILES string of the molecule is CO[C@@H](C)CCOc1nn([C@H]2CC[C@H](N3C[C@@H](C)O[C@@H](C)C3)CC2)cc1Nc1ncc(-c2ccc(Cl)c(O[C@@H](C)Cn3cncn3)c2)cn1. The van der Waals surface area contributed by atoms with Crippen molar-refractivity contribution in [3.8, 4) is 22.8 Å². The molecule has 2 fully saturated rings. The van der Waals surface area contributed by atoms with Crippen molar-refractivity contribution in [2.45, 2.75) is 103 Å². The van der Waals surface area contributed by atoms with Crippen LogP contribution in [-0.2, 0) is 16.0 Å². The quantitative estimate of drug-likeness (QED) is 0.162. The summed E-state index contributed by atoms with van der Waals surface area (Å²) in [6, 6.07) is 6.53. The van der Waals surface area contributed by atoms with E-state index in [1.54, 1.807) is 30.5 Å². The average molecular weight is 694 g/mol. The van der Waals surface area contributed by atoms with E-state index in [2.05, 4.69) is 48.8 Å². The molecule has 0 spiro atoms. The molecule has 0 unspecified atom stereocenters. The topological polar surface area (TPSA) is 127 Å². The number of anilines is 2. The predicted octanol–water partition coefficient (Wildman–Crippen LogP) is 6.19. The average Bonchev–Trinajstić information content (AvgIpc) is 3.75. The number of hydrogen-bond acceptors (Lipinski definition) is 11. The Labute approximate surface area is 293 Å². The van der Waals surface area contributed by atoms with E-state index in [4.69, 9.17) is 35.6 Å². The molecule has 1 aliphatic carbocycles. The van der Waals surface area contributed by atoms with Crippen LogP contribution in [0.3, 0.4) is 0 Å². The summed E-state index contributed by atoms with van der Waals surface area (Å²) in [7, 11) is 1.71. The number of ether oxygens (including phenoxy) is 4. The molecule has 1 saturated heterocycles. The lowest BCUT2D eigenvalue weighted by Crippen LogP contribution is -2.51. The van der Waals surface area contributed by atoms with Crippen LogP contribution in [0.4, 0.5) is 11.6 Å². The van der Waals surface area contributed by atoms with Gasteiger partial charge in [-0.2, -0.15) is 5.10 Å². The number of halogens is 1. The van der Waals surface area contributed by atoms with Crippen molar-refractivity contribution >= 4 is 23.2 Å². The largest absolute Gasteiger partial charge is 0.487 e. The molecule has 3 aromatic heterocycles. The zero-order chi connectivity index (χ0) is 34.3. The molecular weight excluding hydrogens is 646 g/mol. The first-order chi connectivity index (χ1) is 23.7. The smallest absolute Gasteiger partial charge is 0.256 e. The van der Waals surface area contributed by atoms with Crippen molar-refractivity contribution in [1.82, 2.24) is 39.4 Å². The zero-order valence-electron chi connectivity index (χ0n) is 29.0. The van der Waals surface area contributed by atoms with E-state index >= 15 is 0 Å². The number of hydrogen-bond donors (Lipinski definition) is 1. The second-order valence-corrected chi connectivity index (χ2v) is 13.7. The molecule has 1 aliphatic heterocycles. The minimum Gasteiger partial charge on any atom is -0.487 e. The third-order valence-electron chi connectivity index (χ3n) is 9.27. The first kappa shape index (κ1) is 35.1. The fourth-order valence-corrected chi connectivity index (χ4v) is 6.84. The van der Waals surface area contributed by atoms with Gasteiger partial charge in [-0.3, -0.25) is 9.58 Å². The Morgan fingerprint density at radius 3 is 2.43 bits per heavy atom. The van der Waals surface area contributed by atoms with Gasteiger partial charge in [-0.1, -0.05) is 17.7 Å². The summed E-state index contributed by atoms with van der Waals surface area (Å²) in [5, 5.41) is 12.9. The van der Waals surface area contributed by atoms with Crippen LogP contribution in [-0.4, -0.2) is 96.7 Å². The van der Waals surface area contributed by atoms with E-state index in [1.807, 2.05) is 38.2 Å². The van der Waals surface area contributed by atoms with E-state index in [1.165, 1.54) is 6.33 Å². The molecule has 1 saturated carbocycles. The molecule has 264 valence electrons. The summed E-state index contributed by atoms with van der Waals surface area (Å²) in [6.45, 7) is 11.4. The highest BCUT2D eigenvalue weighted by Gasteiger charge is 2.32.